The highest BCUT2D eigenvalue weighted by Gasteiger charge is 2.20. The first-order valence-corrected chi connectivity index (χ1v) is 3.83. The Labute approximate surface area is 71.6 Å². The van der Waals surface area contributed by atoms with Crippen molar-refractivity contribution in [2.75, 3.05) is 5.73 Å². The van der Waals surface area contributed by atoms with Crippen molar-refractivity contribution in [1.82, 2.24) is 4.98 Å². The first-order chi connectivity index (χ1) is 5.43. The summed E-state index contributed by atoms with van der Waals surface area (Å²) < 4.78 is 13.3. The van der Waals surface area contributed by atoms with Gasteiger partial charge in [0.1, 0.15) is 0 Å². The standard InChI is InChI=1S/C9H13FN2/c1-9(2,3)8-7(10)6(11)4-5-12-8/h4-5H,1-3H3,(H2,11,12). The third-order valence-electron chi connectivity index (χ3n) is 1.63. The molecule has 0 spiro atoms. The Morgan fingerprint density at radius 3 is 2.42 bits per heavy atom. The molecule has 0 aliphatic carbocycles. The Morgan fingerprint density at radius 1 is 1.42 bits per heavy atom. The molecule has 0 atom stereocenters. The predicted molar refractivity (Wildman–Crippen MR) is 47.3 cm³/mol. The van der Waals surface area contributed by atoms with Gasteiger partial charge in [-0.2, -0.15) is 0 Å². The van der Waals surface area contributed by atoms with E-state index < -0.39 is 5.82 Å². The second kappa shape index (κ2) is 2.73. The largest absolute Gasteiger partial charge is 0.396 e. The van der Waals surface area contributed by atoms with Crippen LogP contribution >= 0.6 is 0 Å². The predicted octanol–water partition coefficient (Wildman–Crippen LogP) is 2.10. The maximum atomic E-state index is 13.3. The molecule has 0 amide bonds. The summed E-state index contributed by atoms with van der Waals surface area (Å²) in [7, 11) is 0. The van der Waals surface area contributed by atoms with E-state index in [4.69, 9.17) is 5.73 Å². The van der Waals surface area contributed by atoms with E-state index in [1.54, 1.807) is 0 Å². The van der Waals surface area contributed by atoms with Crippen LogP contribution in [0.5, 0.6) is 0 Å². The van der Waals surface area contributed by atoms with Crippen LogP contribution in [0.3, 0.4) is 0 Å². The molecule has 0 fully saturated rings. The zero-order chi connectivity index (χ0) is 9.35. The maximum absolute atomic E-state index is 13.3. The summed E-state index contributed by atoms with van der Waals surface area (Å²) in [6.45, 7) is 5.70. The molecule has 0 saturated carbocycles. The first kappa shape index (κ1) is 8.97. The minimum absolute atomic E-state index is 0.162. The lowest BCUT2D eigenvalue weighted by molar-refractivity contribution is 0.505. The molecule has 1 rings (SSSR count). The van der Waals surface area contributed by atoms with Crippen LogP contribution in [0.4, 0.5) is 10.1 Å². The smallest absolute Gasteiger partial charge is 0.168 e. The number of pyridine rings is 1. The molecular formula is C9H13FN2. The lowest BCUT2D eigenvalue weighted by Gasteiger charge is -2.18. The molecule has 0 aliphatic rings. The van der Waals surface area contributed by atoms with Crippen LogP contribution in [0, 0.1) is 5.82 Å². The van der Waals surface area contributed by atoms with Gasteiger partial charge in [-0.15, -0.1) is 0 Å². The van der Waals surface area contributed by atoms with Gasteiger partial charge in [0.05, 0.1) is 11.4 Å². The number of halogens is 1. The molecule has 2 nitrogen and oxygen atoms in total. The Balaban J connectivity index is 3.26. The summed E-state index contributed by atoms with van der Waals surface area (Å²) in [6.07, 6.45) is 1.53. The van der Waals surface area contributed by atoms with Gasteiger partial charge in [-0.1, -0.05) is 20.8 Å². The van der Waals surface area contributed by atoms with Gasteiger partial charge in [0.15, 0.2) is 5.82 Å². The molecule has 0 radical (unpaired) electrons. The number of rotatable bonds is 0. The van der Waals surface area contributed by atoms with Crippen LogP contribution in [0.25, 0.3) is 0 Å². The lowest BCUT2D eigenvalue weighted by atomic mass is 9.91. The molecule has 0 unspecified atom stereocenters. The molecule has 66 valence electrons. The van der Waals surface area contributed by atoms with Crippen LogP contribution in [-0.2, 0) is 5.41 Å². The quantitative estimate of drug-likeness (QED) is 0.644. The Bertz CT molecular complexity index is 289. The summed E-state index contributed by atoms with van der Waals surface area (Å²) >= 11 is 0. The molecule has 1 aromatic rings. The zero-order valence-electron chi connectivity index (χ0n) is 7.56. The summed E-state index contributed by atoms with van der Waals surface area (Å²) in [5, 5.41) is 0. The van der Waals surface area contributed by atoms with E-state index in [2.05, 4.69) is 4.98 Å². The van der Waals surface area contributed by atoms with E-state index in [-0.39, 0.29) is 11.1 Å². The van der Waals surface area contributed by atoms with Gasteiger partial charge in [-0.25, -0.2) is 4.39 Å². The highest BCUT2D eigenvalue weighted by molar-refractivity contribution is 5.41. The second-order valence-electron chi connectivity index (χ2n) is 3.81. The van der Waals surface area contributed by atoms with Crippen molar-refractivity contribution in [2.24, 2.45) is 0 Å². The van der Waals surface area contributed by atoms with Crippen molar-refractivity contribution in [3.05, 3.63) is 23.8 Å². The number of nitrogens with two attached hydrogens (primary N) is 1. The van der Waals surface area contributed by atoms with E-state index in [1.165, 1.54) is 12.3 Å². The van der Waals surface area contributed by atoms with E-state index in [1.807, 2.05) is 20.8 Å². The third-order valence-corrected chi connectivity index (χ3v) is 1.63. The van der Waals surface area contributed by atoms with Crippen LogP contribution < -0.4 is 5.73 Å². The number of aromatic nitrogens is 1. The normalized spacial score (nSPS) is 11.7. The second-order valence-corrected chi connectivity index (χ2v) is 3.81. The van der Waals surface area contributed by atoms with Gasteiger partial charge in [0.25, 0.3) is 0 Å². The molecular weight excluding hydrogens is 155 g/mol. The van der Waals surface area contributed by atoms with E-state index in [0.717, 1.165) is 0 Å². The highest BCUT2D eigenvalue weighted by Crippen LogP contribution is 2.25. The monoisotopic (exact) mass is 168 g/mol. The average Bonchev–Trinajstić information content (AvgIpc) is 1.92. The van der Waals surface area contributed by atoms with Crippen molar-refractivity contribution in [2.45, 2.75) is 26.2 Å². The number of nitrogen functional groups attached to an aromatic ring is 1. The number of hydrogen-bond donors (Lipinski definition) is 1. The summed E-state index contributed by atoms with van der Waals surface area (Å²) in [4.78, 5) is 3.96. The van der Waals surface area contributed by atoms with Crippen LogP contribution in [-0.4, -0.2) is 4.98 Å². The first-order valence-electron chi connectivity index (χ1n) is 3.83. The molecule has 0 aliphatic heterocycles. The summed E-state index contributed by atoms with van der Waals surface area (Å²) in [5.41, 5.74) is 5.69. The minimum Gasteiger partial charge on any atom is -0.396 e. The number of hydrogen-bond acceptors (Lipinski definition) is 2. The molecule has 0 saturated heterocycles. The highest BCUT2D eigenvalue weighted by atomic mass is 19.1. The van der Waals surface area contributed by atoms with Crippen molar-refractivity contribution in [1.29, 1.82) is 0 Å². The minimum atomic E-state index is -0.398. The maximum Gasteiger partial charge on any atom is 0.168 e. The molecule has 1 aromatic heterocycles. The fourth-order valence-electron chi connectivity index (χ4n) is 0.982. The van der Waals surface area contributed by atoms with Crippen LogP contribution in [0.2, 0.25) is 0 Å². The number of anilines is 1. The fourth-order valence-corrected chi connectivity index (χ4v) is 0.982. The fraction of sp³-hybridized carbons (Fsp3) is 0.444. The summed E-state index contributed by atoms with van der Waals surface area (Å²) in [6, 6.07) is 1.46. The van der Waals surface area contributed by atoms with Crippen molar-refractivity contribution < 1.29 is 4.39 Å². The topological polar surface area (TPSA) is 38.9 Å². The van der Waals surface area contributed by atoms with Gasteiger partial charge < -0.3 is 5.73 Å². The SMILES string of the molecule is CC(C)(C)c1nccc(N)c1F. The molecule has 1 heterocycles. The Morgan fingerprint density at radius 2 is 2.00 bits per heavy atom. The lowest BCUT2D eigenvalue weighted by Crippen LogP contribution is -2.16. The van der Waals surface area contributed by atoms with Crippen molar-refractivity contribution >= 4 is 5.69 Å². The van der Waals surface area contributed by atoms with E-state index in [0.29, 0.717) is 5.69 Å². The van der Waals surface area contributed by atoms with E-state index in [9.17, 15) is 4.39 Å². The van der Waals surface area contributed by atoms with Gasteiger partial charge in [0, 0.05) is 11.6 Å². The Kier molecular flexibility index (Phi) is 2.04. The van der Waals surface area contributed by atoms with Gasteiger partial charge in [-0.05, 0) is 6.07 Å². The van der Waals surface area contributed by atoms with Crippen LogP contribution in [0.15, 0.2) is 12.3 Å². The Hall–Kier alpha value is -1.12. The average molecular weight is 168 g/mol. The molecule has 0 aromatic carbocycles. The van der Waals surface area contributed by atoms with Crippen molar-refractivity contribution in [3.63, 3.8) is 0 Å². The number of nitrogens with zero attached hydrogens (tertiary/aromatic N) is 1. The van der Waals surface area contributed by atoms with Gasteiger partial charge >= 0.3 is 0 Å². The van der Waals surface area contributed by atoms with Gasteiger partial charge in [-0.3, -0.25) is 4.98 Å². The zero-order valence-corrected chi connectivity index (χ0v) is 7.56. The molecule has 3 heteroatoms. The van der Waals surface area contributed by atoms with Crippen molar-refractivity contribution in [3.8, 4) is 0 Å². The summed E-state index contributed by atoms with van der Waals surface area (Å²) in [5.74, 6) is -0.398. The van der Waals surface area contributed by atoms with E-state index >= 15 is 0 Å². The molecule has 12 heavy (non-hydrogen) atoms. The van der Waals surface area contributed by atoms with Crippen LogP contribution in [0.1, 0.15) is 26.5 Å². The molecule has 0 bridgehead atoms. The van der Waals surface area contributed by atoms with Gasteiger partial charge in [0.2, 0.25) is 0 Å². The molecule has 2 N–H and O–H groups in total. The third kappa shape index (κ3) is 1.55.